The summed E-state index contributed by atoms with van der Waals surface area (Å²) in [6.45, 7) is 7.88. The van der Waals surface area contributed by atoms with Gasteiger partial charge >= 0.3 is 0 Å². The Morgan fingerprint density at radius 3 is 2.84 bits per heavy atom. The van der Waals surface area contributed by atoms with Crippen LogP contribution in [0.2, 0.25) is 0 Å². The van der Waals surface area contributed by atoms with Gasteiger partial charge < -0.3 is 15.1 Å². The van der Waals surface area contributed by atoms with Gasteiger partial charge in [0.1, 0.15) is 5.60 Å². The third kappa shape index (κ3) is 4.45. The number of hydrogen-bond acceptors (Lipinski definition) is 5. The minimum atomic E-state index is -0.948. The molecule has 2 fully saturated rings. The smallest absolute Gasteiger partial charge is 0.120 e. The number of aliphatic hydroxyl groups is 2. The lowest BCUT2D eigenvalue weighted by molar-refractivity contribution is -0.0682. The Morgan fingerprint density at radius 1 is 1.32 bits per heavy atom. The van der Waals surface area contributed by atoms with Gasteiger partial charge in [0.2, 0.25) is 0 Å². The van der Waals surface area contributed by atoms with E-state index in [1.807, 2.05) is 6.07 Å². The lowest BCUT2D eigenvalue weighted by atomic mass is 9.69. The number of hydrogen-bond donors (Lipinski definition) is 2. The number of thiophene rings is 1. The van der Waals surface area contributed by atoms with Gasteiger partial charge in [-0.05, 0) is 65.4 Å². The van der Waals surface area contributed by atoms with E-state index in [4.69, 9.17) is 0 Å². The summed E-state index contributed by atoms with van der Waals surface area (Å²) in [6.07, 6.45) is 3.43. The zero-order valence-electron chi connectivity index (χ0n) is 15.6. The number of likely N-dealkylation sites (N-methyl/N-ethyl adjacent to an activating group) is 1. The van der Waals surface area contributed by atoms with Gasteiger partial charge in [0.25, 0.3) is 0 Å². The summed E-state index contributed by atoms with van der Waals surface area (Å²) in [6, 6.07) is 4.65. The summed E-state index contributed by atoms with van der Waals surface area (Å²) in [5.74, 6) is 5.95. The second kappa shape index (κ2) is 7.38. The standard InChI is InChI=1S/C20H30N2O2S/c1-19(2,24)9-7-16-5-6-17(25-16)13-22-12-10-20(15-23)8-4-11-21(3)18(20)14-22/h5-6,18,23-24H,4,8,10-15H2,1-3H3/t18-,20-/m1/s1. The average Bonchev–Trinajstić information content (AvgIpc) is 3.01. The van der Waals surface area contributed by atoms with Crippen molar-refractivity contribution < 1.29 is 10.2 Å². The molecule has 1 aromatic heterocycles. The first-order chi connectivity index (χ1) is 11.8. The second-order valence-electron chi connectivity index (χ2n) is 8.18. The van der Waals surface area contributed by atoms with Crippen LogP contribution in [0.5, 0.6) is 0 Å². The summed E-state index contributed by atoms with van der Waals surface area (Å²) in [7, 11) is 2.20. The van der Waals surface area contributed by atoms with Crippen LogP contribution >= 0.6 is 11.3 Å². The molecule has 2 atom stereocenters. The number of aliphatic hydroxyl groups excluding tert-OH is 1. The maximum absolute atomic E-state index is 10.0. The lowest BCUT2D eigenvalue weighted by Crippen LogP contribution is -2.61. The number of fused-ring (bicyclic) bond motifs is 1. The van der Waals surface area contributed by atoms with Gasteiger partial charge in [0.05, 0.1) is 11.5 Å². The van der Waals surface area contributed by atoms with Crippen molar-refractivity contribution in [2.75, 3.05) is 33.3 Å². The molecule has 138 valence electrons. The van der Waals surface area contributed by atoms with E-state index in [0.717, 1.165) is 43.9 Å². The molecule has 2 N–H and O–H groups in total. The van der Waals surface area contributed by atoms with Crippen molar-refractivity contribution in [3.05, 3.63) is 21.9 Å². The van der Waals surface area contributed by atoms with Crippen LogP contribution in [0.1, 0.15) is 42.9 Å². The molecule has 0 aliphatic carbocycles. The van der Waals surface area contributed by atoms with E-state index in [9.17, 15) is 10.2 Å². The molecule has 2 aliphatic rings. The van der Waals surface area contributed by atoms with Crippen molar-refractivity contribution >= 4 is 11.3 Å². The normalized spacial score (nSPS) is 28.3. The van der Waals surface area contributed by atoms with Crippen LogP contribution in [0.15, 0.2) is 12.1 Å². The molecule has 5 heteroatoms. The first-order valence-corrected chi connectivity index (χ1v) is 10.0. The third-order valence-electron chi connectivity index (χ3n) is 5.63. The van der Waals surface area contributed by atoms with Crippen molar-refractivity contribution in [3.8, 4) is 11.8 Å². The minimum absolute atomic E-state index is 0.0995. The molecule has 2 aliphatic heterocycles. The predicted octanol–water partition coefficient (Wildman–Crippen LogP) is 2.15. The fourth-order valence-corrected chi connectivity index (χ4v) is 5.09. The summed E-state index contributed by atoms with van der Waals surface area (Å²) in [5, 5.41) is 19.7. The van der Waals surface area contributed by atoms with Crippen molar-refractivity contribution in [2.24, 2.45) is 5.41 Å². The van der Waals surface area contributed by atoms with E-state index in [-0.39, 0.29) is 5.41 Å². The van der Waals surface area contributed by atoms with E-state index in [0.29, 0.717) is 12.6 Å². The monoisotopic (exact) mass is 362 g/mol. The second-order valence-corrected chi connectivity index (χ2v) is 9.35. The van der Waals surface area contributed by atoms with E-state index < -0.39 is 5.60 Å². The fraction of sp³-hybridized carbons (Fsp3) is 0.700. The first kappa shape index (κ1) is 18.9. The van der Waals surface area contributed by atoms with Gasteiger partial charge in [-0.3, -0.25) is 4.90 Å². The van der Waals surface area contributed by atoms with Gasteiger partial charge in [0, 0.05) is 29.4 Å². The molecule has 0 unspecified atom stereocenters. The van der Waals surface area contributed by atoms with E-state index in [1.54, 1.807) is 25.2 Å². The van der Waals surface area contributed by atoms with Gasteiger partial charge in [0.15, 0.2) is 0 Å². The molecular formula is C20H30N2O2S. The maximum atomic E-state index is 10.0. The molecule has 1 aromatic rings. The molecule has 25 heavy (non-hydrogen) atoms. The van der Waals surface area contributed by atoms with Gasteiger partial charge in [-0.1, -0.05) is 11.8 Å². The maximum Gasteiger partial charge on any atom is 0.120 e. The summed E-state index contributed by atoms with van der Waals surface area (Å²) in [4.78, 5) is 7.28. The molecular weight excluding hydrogens is 332 g/mol. The van der Waals surface area contributed by atoms with Crippen LogP contribution in [-0.2, 0) is 6.54 Å². The van der Waals surface area contributed by atoms with Crippen molar-refractivity contribution in [1.82, 2.24) is 9.80 Å². The molecule has 0 bridgehead atoms. The largest absolute Gasteiger partial charge is 0.396 e. The number of rotatable bonds is 3. The Kier molecular flexibility index (Phi) is 5.57. The van der Waals surface area contributed by atoms with Gasteiger partial charge in [-0.2, -0.15) is 0 Å². The first-order valence-electron chi connectivity index (χ1n) is 9.19. The fourth-order valence-electron chi connectivity index (χ4n) is 4.18. The highest BCUT2D eigenvalue weighted by molar-refractivity contribution is 7.12. The molecule has 0 aromatic carbocycles. The summed E-state index contributed by atoms with van der Waals surface area (Å²) < 4.78 is 0. The Morgan fingerprint density at radius 2 is 2.12 bits per heavy atom. The molecule has 0 radical (unpaired) electrons. The van der Waals surface area contributed by atoms with Crippen LogP contribution in [0.25, 0.3) is 0 Å². The number of nitrogens with zero attached hydrogens (tertiary/aromatic N) is 2. The van der Waals surface area contributed by atoms with Crippen LogP contribution < -0.4 is 0 Å². The highest BCUT2D eigenvalue weighted by Gasteiger charge is 2.46. The van der Waals surface area contributed by atoms with Crippen molar-refractivity contribution in [1.29, 1.82) is 0 Å². The van der Waals surface area contributed by atoms with Crippen LogP contribution in [0.3, 0.4) is 0 Å². The lowest BCUT2D eigenvalue weighted by Gasteiger charge is -2.53. The van der Waals surface area contributed by atoms with E-state index in [2.05, 4.69) is 34.8 Å². The zero-order chi connectivity index (χ0) is 18.1. The summed E-state index contributed by atoms with van der Waals surface area (Å²) >= 11 is 1.71. The molecule has 0 saturated carbocycles. The Bertz CT molecular complexity index is 655. The molecule has 2 saturated heterocycles. The highest BCUT2D eigenvalue weighted by Crippen LogP contribution is 2.41. The molecule has 3 heterocycles. The average molecular weight is 363 g/mol. The number of likely N-dealkylation sites (tertiary alicyclic amines) is 2. The van der Waals surface area contributed by atoms with Crippen molar-refractivity contribution in [3.63, 3.8) is 0 Å². The Balaban J connectivity index is 1.65. The predicted molar refractivity (Wildman–Crippen MR) is 103 cm³/mol. The van der Waals surface area contributed by atoms with E-state index >= 15 is 0 Å². The van der Waals surface area contributed by atoms with E-state index in [1.165, 1.54) is 11.3 Å². The number of piperidine rings is 2. The third-order valence-corrected chi connectivity index (χ3v) is 6.61. The minimum Gasteiger partial charge on any atom is -0.396 e. The quantitative estimate of drug-likeness (QED) is 0.809. The van der Waals surface area contributed by atoms with Crippen molar-refractivity contribution in [2.45, 2.75) is 51.3 Å². The molecule has 4 nitrogen and oxygen atoms in total. The zero-order valence-corrected chi connectivity index (χ0v) is 16.4. The molecule has 0 amide bonds. The summed E-state index contributed by atoms with van der Waals surface area (Å²) in [5.41, 5.74) is -0.849. The Labute approximate surface area is 155 Å². The van der Waals surface area contributed by atoms with Crippen LogP contribution in [-0.4, -0.2) is 64.9 Å². The van der Waals surface area contributed by atoms with Gasteiger partial charge in [-0.15, -0.1) is 11.3 Å². The SMILES string of the molecule is CN1CCC[C@]2(CO)CCN(Cc3ccc(C#CC(C)(C)O)s3)C[C@@H]12. The topological polar surface area (TPSA) is 46.9 Å². The molecule has 3 rings (SSSR count). The van der Waals surface area contributed by atoms with Crippen LogP contribution in [0.4, 0.5) is 0 Å². The molecule has 0 spiro atoms. The highest BCUT2D eigenvalue weighted by atomic mass is 32.1. The van der Waals surface area contributed by atoms with Gasteiger partial charge in [-0.25, -0.2) is 0 Å². The Hall–Kier alpha value is -0.900. The van der Waals surface area contributed by atoms with Crippen LogP contribution in [0, 0.1) is 17.3 Å².